The Balaban J connectivity index is 2.01. The molecule has 5 heteroatoms. The van der Waals surface area contributed by atoms with Crippen LogP contribution in [0.5, 0.6) is 0 Å². The summed E-state index contributed by atoms with van der Waals surface area (Å²) in [6.07, 6.45) is 2.26. The molecule has 0 radical (unpaired) electrons. The molecule has 1 saturated carbocycles. The quantitative estimate of drug-likeness (QED) is 0.458. The lowest BCUT2D eigenvalue weighted by molar-refractivity contribution is -0.161. The van der Waals surface area contributed by atoms with Crippen molar-refractivity contribution in [3.63, 3.8) is 0 Å². The van der Waals surface area contributed by atoms with Gasteiger partial charge in [-0.05, 0) is 18.8 Å². The SMILES string of the molecule is CCCCOC(=O)C1C(C(=O)O)CC2OC2C1C. The van der Waals surface area contributed by atoms with Crippen LogP contribution in [-0.4, -0.2) is 35.9 Å². The normalized spacial score (nSPS) is 37.8. The first kappa shape index (κ1) is 13.3. The van der Waals surface area contributed by atoms with E-state index in [1.165, 1.54) is 0 Å². The van der Waals surface area contributed by atoms with Crippen LogP contribution in [-0.2, 0) is 19.1 Å². The minimum atomic E-state index is -0.923. The number of rotatable bonds is 5. The second-order valence-corrected chi connectivity index (χ2v) is 5.23. The maximum absolute atomic E-state index is 12.0. The van der Waals surface area contributed by atoms with Crippen molar-refractivity contribution in [3.8, 4) is 0 Å². The highest BCUT2D eigenvalue weighted by Crippen LogP contribution is 2.47. The standard InChI is InChI=1S/C13H20O5/c1-3-4-5-17-13(16)10-7(2)11-9(18-11)6-8(10)12(14)15/h7-11H,3-6H2,1-2H3,(H,14,15). The van der Waals surface area contributed by atoms with Crippen LogP contribution < -0.4 is 0 Å². The van der Waals surface area contributed by atoms with Gasteiger partial charge in [0.2, 0.25) is 0 Å². The molecule has 0 amide bonds. The third-order valence-electron chi connectivity index (χ3n) is 3.96. The van der Waals surface area contributed by atoms with Gasteiger partial charge in [0, 0.05) is 0 Å². The fourth-order valence-corrected chi connectivity index (χ4v) is 2.82. The molecule has 0 aromatic carbocycles. The van der Waals surface area contributed by atoms with Crippen molar-refractivity contribution in [1.82, 2.24) is 0 Å². The number of fused-ring (bicyclic) bond motifs is 1. The molecule has 2 fully saturated rings. The molecule has 1 aliphatic heterocycles. The lowest BCUT2D eigenvalue weighted by Crippen LogP contribution is -2.42. The third kappa shape index (κ3) is 2.51. The molecule has 2 rings (SSSR count). The summed E-state index contributed by atoms with van der Waals surface area (Å²) in [5.74, 6) is -2.61. The molecule has 0 aromatic rings. The van der Waals surface area contributed by atoms with E-state index in [1.807, 2.05) is 13.8 Å². The molecule has 1 saturated heterocycles. The number of aliphatic carboxylic acids is 1. The minimum Gasteiger partial charge on any atom is -0.481 e. The van der Waals surface area contributed by atoms with E-state index >= 15 is 0 Å². The lowest BCUT2D eigenvalue weighted by atomic mass is 9.73. The molecule has 1 aliphatic carbocycles. The Kier molecular flexibility index (Phi) is 3.90. The number of carbonyl (C=O) groups excluding carboxylic acids is 1. The average molecular weight is 256 g/mol. The molecule has 5 unspecified atom stereocenters. The Morgan fingerprint density at radius 3 is 2.78 bits per heavy atom. The number of epoxide rings is 1. The average Bonchev–Trinajstić information content (AvgIpc) is 3.08. The van der Waals surface area contributed by atoms with Crippen molar-refractivity contribution in [2.24, 2.45) is 17.8 Å². The summed E-state index contributed by atoms with van der Waals surface area (Å²) in [4.78, 5) is 23.3. The Hall–Kier alpha value is -1.10. The Morgan fingerprint density at radius 2 is 2.17 bits per heavy atom. The number of unbranched alkanes of at least 4 members (excludes halogenated alkanes) is 1. The monoisotopic (exact) mass is 256 g/mol. The summed E-state index contributed by atoms with van der Waals surface area (Å²) < 4.78 is 10.6. The van der Waals surface area contributed by atoms with E-state index in [9.17, 15) is 14.7 Å². The second kappa shape index (κ2) is 5.26. The molecule has 0 bridgehead atoms. The number of carboxylic acid groups (broad SMARTS) is 1. The highest BCUT2D eigenvalue weighted by molar-refractivity contribution is 5.82. The molecule has 0 aromatic heterocycles. The Morgan fingerprint density at radius 1 is 1.44 bits per heavy atom. The van der Waals surface area contributed by atoms with Crippen molar-refractivity contribution in [3.05, 3.63) is 0 Å². The Labute approximate surface area is 106 Å². The van der Waals surface area contributed by atoms with Gasteiger partial charge in [0.25, 0.3) is 0 Å². The van der Waals surface area contributed by atoms with Gasteiger partial charge < -0.3 is 14.6 Å². The van der Waals surface area contributed by atoms with Gasteiger partial charge >= 0.3 is 11.9 Å². The minimum absolute atomic E-state index is 0.0285. The smallest absolute Gasteiger partial charge is 0.310 e. The number of ether oxygens (including phenoxy) is 2. The number of esters is 1. The van der Waals surface area contributed by atoms with Crippen LogP contribution in [0.15, 0.2) is 0 Å². The van der Waals surface area contributed by atoms with Gasteiger partial charge in [-0.15, -0.1) is 0 Å². The summed E-state index contributed by atoms with van der Waals surface area (Å²) in [6, 6.07) is 0. The fourth-order valence-electron chi connectivity index (χ4n) is 2.82. The van der Waals surface area contributed by atoms with Crippen molar-refractivity contribution in [2.75, 3.05) is 6.61 Å². The highest BCUT2D eigenvalue weighted by atomic mass is 16.6. The number of hydrogen-bond donors (Lipinski definition) is 1. The molecule has 5 atom stereocenters. The maximum Gasteiger partial charge on any atom is 0.310 e. The zero-order valence-corrected chi connectivity index (χ0v) is 10.8. The van der Waals surface area contributed by atoms with E-state index in [0.29, 0.717) is 13.0 Å². The maximum atomic E-state index is 12.0. The third-order valence-corrected chi connectivity index (χ3v) is 3.96. The van der Waals surface area contributed by atoms with Gasteiger partial charge in [-0.2, -0.15) is 0 Å². The highest BCUT2D eigenvalue weighted by Gasteiger charge is 2.57. The number of carbonyl (C=O) groups is 2. The number of carboxylic acids is 1. The van der Waals surface area contributed by atoms with Crippen molar-refractivity contribution < 1.29 is 24.2 Å². The first-order valence-corrected chi connectivity index (χ1v) is 6.61. The molecule has 5 nitrogen and oxygen atoms in total. The molecule has 2 aliphatic rings. The van der Waals surface area contributed by atoms with Crippen LogP contribution >= 0.6 is 0 Å². The van der Waals surface area contributed by atoms with Crippen LogP contribution in [0.4, 0.5) is 0 Å². The lowest BCUT2D eigenvalue weighted by Gasteiger charge is -2.29. The largest absolute Gasteiger partial charge is 0.481 e. The van der Waals surface area contributed by atoms with Gasteiger partial charge in [-0.3, -0.25) is 9.59 Å². The summed E-state index contributed by atoms with van der Waals surface area (Å²) in [7, 11) is 0. The van der Waals surface area contributed by atoms with Gasteiger partial charge in [0.05, 0.1) is 30.7 Å². The first-order chi connectivity index (χ1) is 8.56. The molecule has 1 heterocycles. The summed E-state index contributed by atoms with van der Waals surface area (Å²) in [6.45, 7) is 4.27. The van der Waals surface area contributed by atoms with E-state index in [2.05, 4.69) is 0 Å². The predicted molar refractivity (Wildman–Crippen MR) is 62.9 cm³/mol. The van der Waals surface area contributed by atoms with Gasteiger partial charge in [-0.25, -0.2) is 0 Å². The molecular weight excluding hydrogens is 236 g/mol. The van der Waals surface area contributed by atoms with Gasteiger partial charge in [0.1, 0.15) is 0 Å². The molecule has 1 N–H and O–H groups in total. The van der Waals surface area contributed by atoms with Crippen molar-refractivity contribution in [1.29, 1.82) is 0 Å². The fraction of sp³-hybridized carbons (Fsp3) is 0.846. The van der Waals surface area contributed by atoms with Crippen LogP contribution in [0, 0.1) is 17.8 Å². The van der Waals surface area contributed by atoms with Crippen molar-refractivity contribution >= 4 is 11.9 Å². The van der Waals surface area contributed by atoms with Crippen LogP contribution in [0.25, 0.3) is 0 Å². The second-order valence-electron chi connectivity index (χ2n) is 5.23. The van der Waals surface area contributed by atoms with E-state index in [1.54, 1.807) is 0 Å². The summed E-state index contributed by atoms with van der Waals surface area (Å²) in [5.41, 5.74) is 0. The van der Waals surface area contributed by atoms with Crippen LogP contribution in [0.1, 0.15) is 33.1 Å². The summed E-state index contributed by atoms with van der Waals surface area (Å²) in [5, 5.41) is 9.22. The first-order valence-electron chi connectivity index (χ1n) is 6.61. The molecule has 0 spiro atoms. The number of hydrogen-bond acceptors (Lipinski definition) is 4. The van der Waals surface area contributed by atoms with Gasteiger partial charge in [-0.1, -0.05) is 20.3 Å². The zero-order chi connectivity index (χ0) is 13.3. The van der Waals surface area contributed by atoms with Gasteiger partial charge in [0.15, 0.2) is 0 Å². The molecular formula is C13H20O5. The predicted octanol–water partition coefficient (Wildman–Crippen LogP) is 1.45. The van der Waals surface area contributed by atoms with Crippen LogP contribution in [0.3, 0.4) is 0 Å². The van der Waals surface area contributed by atoms with E-state index in [0.717, 1.165) is 12.8 Å². The van der Waals surface area contributed by atoms with E-state index < -0.39 is 17.8 Å². The van der Waals surface area contributed by atoms with E-state index in [-0.39, 0.29) is 24.1 Å². The summed E-state index contributed by atoms with van der Waals surface area (Å²) >= 11 is 0. The molecule has 102 valence electrons. The van der Waals surface area contributed by atoms with Crippen LogP contribution in [0.2, 0.25) is 0 Å². The van der Waals surface area contributed by atoms with E-state index in [4.69, 9.17) is 9.47 Å². The topological polar surface area (TPSA) is 76.1 Å². The Bertz CT molecular complexity index is 340. The molecule has 18 heavy (non-hydrogen) atoms. The zero-order valence-electron chi connectivity index (χ0n) is 10.8. The van der Waals surface area contributed by atoms with Crippen molar-refractivity contribution in [2.45, 2.75) is 45.3 Å².